The summed E-state index contributed by atoms with van der Waals surface area (Å²) in [6, 6.07) is 9.30. The number of halogens is 1. The number of anilines is 1. The second kappa shape index (κ2) is 10.5. The molecule has 2 aromatic rings. The molecular weight excluding hydrogens is 432 g/mol. The smallest absolute Gasteiger partial charge is 0.268 e. The van der Waals surface area contributed by atoms with Crippen LogP contribution in [0, 0.1) is 6.92 Å². The molecule has 8 nitrogen and oxygen atoms in total. The van der Waals surface area contributed by atoms with Gasteiger partial charge in [-0.2, -0.15) is 0 Å². The number of hydrogen-bond acceptors (Lipinski definition) is 6. The lowest BCUT2D eigenvalue weighted by atomic mass is 10.2. The molecule has 1 amide bonds. The van der Waals surface area contributed by atoms with Crippen LogP contribution in [0.2, 0.25) is 5.02 Å². The van der Waals surface area contributed by atoms with Gasteiger partial charge < -0.3 is 19.5 Å². The maximum atomic E-state index is 13.6. The fraction of sp³-hybridized carbons (Fsp3) is 0.350. The molecule has 0 bridgehead atoms. The van der Waals surface area contributed by atoms with E-state index in [4.69, 9.17) is 25.8 Å². The van der Waals surface area contributed by atoms with Crippen molar-refractivity contribution in [1.82, 2.24) is 5.32 Å². The second-order valence-electron chi connectivity index (χ2n) is 6.33. The fourth-order valence-corrected chi connectivity index (χ4v) is 4.62. The highest BCUT2D eigenvalue weighted by Gasteiger charge is 2.30. The van der Waals surface area contributed by atoms with E-state index < -0.39 is 22.5 Å². The highest BCUT2D eigenvalue weighted by molar-refractivity contribution is 7.93. The molecule has 0 fully saturated rings. The molecule has 30 heavy (non-hydrogen) atoms. The number of nitrogens with one attached hydrogen (secondary N) is 1. The molecule has 0 aliphatic carbocycles. The van der Waals surface area contributed by atoms with Gasteiger partial charge in [0.15, 0.2) is 0 Å². The van der Waals surface area contributed by atoms with Gasteiger partial charge in [-0.3, -0.25) is 9.10 Å². The van der Waals surface area contributed by atoms with E-state index in [1.54, 1.807) is 19.1 Å². The van der Waals surface area contributed by atoms with Gasteiger partial charge in [-0.25, -0.2) is 8.42 Å². The SMILES string of the molecule is COCCNC(=O)CN(c1ccc(OC)c(Cl)c1)S(=O)(=O)c1cc(C)ccc1OC. The summed E-state index contributed by atoms with van der Waals surface area (Å²) < 4.78 is 43.4. The Bertz CT molecular complexity index is 997. The summed E-state index contributed by atoms with van der Waals surface area (Å²) in [5, 5.41) is 2.84. The van der Waals surface area contributed by atoms with Crippen molar-refractivity contribution in [2.24, 2.45) is 0 Å². The zero-order valence-corrected chi connectivity index (χ0v) is 18.8. The van der Waals surface area contributed by atoms with Crippen molar-refractivity contribution in [3.05, 3.63) is 47.0 Å². The van der Waals surface area contributed by atoms with Gasteiger partial charge in [-0.05, 0) is 42.8 Å². The van der Waals surface area contributed by atoms with Gasteiger partial charge in [-0.1, -0.05) is 17.7 Å². The van der Waals surface area contributed by atoms with E-state index in [2.05, 4.69) is 5.32 Å². The van der Waals surface area contributed by atoms with Crippen molar-refractivity contribution >= 4 is 33.2 Å². The third-order valence-corrected chi connectivity index (χ3v) is 6.32. The largest absolute Gasteiger partial charge is 0.495 e. The van der Waals surface area contributed by atoms with Crippen LogP contribution in [-0.4, -0.2) is 55.4 Å². The van der Waals surface area contributed by atoms with Crippen LogP contribution < -0.4 is 19.1 Å². The number of sulfonamides is 1. The number of aryl methyl sites for hydroxylation is 1. The Morgan fingerprint density at radius 3 is 2.33 bits per heavy atom. The molecule has 0 aliphatic rings. The molecule has 0 unspecified atom stereocenters. The normalized spacial score (nSPS) is 11.1. The first-order valence-corrected chi connectivity index (χ1v) is 10.8. The number of carbonyl (C=O) groups is 1. The summed E-state index contributed by atoms with van der Waals surface area (Å²) in [7, 11) is 0.181. The van der Waals surface area contributed by atoms with Crippen LogP contribution in [0.4, 0.5) is 5.69 Å². The van der Waals surface area contributed by atoms with E-state index in [0.29, 0.717) is 12.4 Å². The van der Waals surface area contributed by atoms with Crippen LogP contribution in [-0.2, 0) is 19.6 Å². The molecule has 0 atom stereocenters. The summed E-state index contributed by atoms with van der Waals surface area (Å²) in [6.07, 6.45) is 0. The van der Waals surface area contributed by atoms with Gasteiger partial charge >= 0.3 is 0 Å². The Morgan fingerprint density at radius 1 is 1.07 bits per heavy atom. The average Bonchev–Trinajstić information content (AvgIpc) is 2.72. The molecule has 164 valence electrons. The van der Waals surface area contributed by atoms with Crippen LogP contribution in [0.3, 0.4) is 0 Å². The van der Waals surface area contributed by atoms with Crippen LogP contribution in [0.15, 0.2) is 41.3 Å². The second-order valence-corrected chi connectivity index (χ2v) is 8.57. The third kappa shape index (κ3) is 5.56. The molecule has 0 spiro atoms. The fourth-order valence-electron chi connectivity index (χ4n) is 2.71. The number of carbonyl (C=O) groups excluding carboxylic acids is 1. The zero-order chi connectivity index (χ0) is 22.3. The predicted molar refractivity (Wildman–Crippen MR) is 115 cm³/mol. The molecule has 10 heteroatoms. The lowest BCUT2D eigenvalue weighted by molar-refractivity contribution is -0.119. The third-order valence-electron chi connectivity index (χ3n) is 4.23. The number of hydrogen-bond donors (Lipinski definition) is 1. The predicted octanol–water partition coefficient (Wildman–Crippen LogP) is 2.62. The van der Waals surface area contributed by atoms with E-state index in [0.717, 1.165) is 9.87 Å². The standard InChI is InChI=1S/C20H25ClN2O6S/c1-14-5-7-18(29-4)19(11-14)30(25,26)23(13-20(24)22-9-10-27-2)15-6-8-17(28-3)16(21)12-15/h5-8,11-12H,9-10,13H2,1-4H3,(H,22,24). The first kappa shape index (κ1) is 23.8. The molecule has 1 N–H and O–H groups in total. The zero-order valence-electron chi connectivity index (χ0n) is 17.3. The first-order chi connectivity index (χ1) is 14.2. The highest BCUT2D eigenvalue weighted by Crippen LogP contribution is 2.34. The minimum Gasteiger partial charge on any atom is -0.495 e. The van der Waals surface area contributed by atoms with Crippen LogP contribution >= 0.6 is 11.6 Å². The van der Waals surface area contributed by atoms with Crippen molar-refractivity contribution in [2.75, 3.05) is 45.3 Å². The van der Waals surface area contributed by atoms with Gasteiger partial charge in [-0.15, -0.1) is 0 Å². The Labute approximate surface area is 181 Å². The number of benzene rings is 2. The molecule has 0 radical (unpaired) electrons. The quantitative estimate of drug-likeness (QED) is 0.552. The Kier molecular flexibility index (Phi) is 8.33. The van der Waals surface area contributed by atoms with Gasteiger partial charge in [0.2, 0.25) is 5.91 Å². The molecular formula is C20H25ClN2O6S. The monoisotopic (exact) mass is 456 g/mol. The van der Waals surface area contributed by atoms with Crippen molar-refractivity contribution in [2.45, 2.75) is 11.8 Å². The Hall–Kier alpha value is -2.49. The maximum Gasteiger partial charge on any atom is 0.268 e. The topological polar surface area (TPSA) is 94.2 Å². The van der Waals surface area contributed by atoms with Gasteiger partial charge in [0.25, 0.3) is 10.0 Å². The molecule has 0 aliphatic heterocycles. The number of amides is 1. The molecule has 0 saturated carbocycles. The summed E-state index contributed by atoms with van der Waals surface area (Å²) in [6.45, 7) is 1.87. The van der Waals surface area contributed by atoms with Gasteiger partial charge in [0.1, 0.15) is 22.9 Å². The van der Waals surface area contributed by atoms with E-state index in [1.807, 2.05) is 0 Å². The molecule has 0 aromatic heterocycles. The van der Waals surface area contributed by atoms with Crippen LogP contribution in [0.5, 0.6) is 11.5 Å². The summed E-state index contributed by atoms with van der Waals surface area (Å²) in [4.78, 5) is 12.4. The van der Waals surface area contributed by atoms with Crippen LogP contribution in [0.1, 0.15) is 5.56 Å². The Morgan fingerprint density at radius 2 is 1.73 bits per heavy atom. The lowest BCUT2D eigenvalue weighted by Crippen LogP contribution is -2.41. The minimum absolute atomic E-state index is 0.0540. The molecule has 0 saturated heterocycles. The number of nitrogens with zero attached hydrogens (tertiary/aromatic N) is 1. The minimum atomic E-state index is -4.16. The van der Waals surface area contributed by atoms with E-state index >= 15 is 0 Å². The maximum absolute atomic E-state index is 13.6. The molecule has 2 rings (SSSR count). The summed E-state index contributed by atoms with van der Waals surface area (Å²) in [5.41, 5.74) is 0.942. The van der Waals surface area contributed by atoms with Crippen molar-refractivity contribution in [3.8, 4) is 11.5 Å². The first-order valence-electron chi connectivity index (χ1n) is 9.01. The van der Waals surface area contributed by atoms with Crippen molar-refractivity contribution in [3.63, 3.8) is 0 Å². The summed E-state index contributed by atoms with van der Waals surface area (Å²) >= 11 is 6.20. The number of ether oxygens (including phenoxy) is 3. The highest BCUT2D eigenvalue weighted by atomic mass is 35.5. The lowest BCUT2D eigenvalue weighted by Gasteiger charge is -2.25. The van der Waals surface area contributed by atoms with E-state index in [1.165, 1.54) is 45.6 Å². The van der Waals surface area contributed by atoms with Crippen molar-refractivity contribution < 1.29 is 27.4 Å². The van der Waals surface area contributed by atoms with E-state index in [-0.39, 0.29) is 27.9 Å². The van der Waals surface area contributed by atoms with Crippen molar-refractivity contribution in [1.29, 1.82) is 0 Å². The van der Waals surface area contributed by atoms with Crippen LogP contribution in [0.25, 0.3) is 0 Å². The van der Waals surface area contributed by atoms with Gasteiger partial charge in [0, 0.05) is 13.7 Å². The summed E-state index contributed by atoms with van der Waals surface area (Å²) in [5.74, 6) is 0.0645. The average molecular weight is 457 g/mol. The van der Waals surface area contributed by atoms with E-state index in [9.17, 15) is 13.2 Å². The molecule has 2 aromatic carbocycles. The number of rotatable bonds is 10. The molecule has 0 heterocycles. The number of methoxy groups -OCH3 is 3. The van der Waals surface area contributed by atoms with Gasteiger partial charge in [0.05, 0.1) is 31.5 Å². The Balaban J connectivity index is 2.53.